The van der Waals surface area contributed by atoms with E-state index in [2.05, 4.69) is 5.32 Å². The number of carbonyl (C=O) groups is 1. The Hall–Kier alpha value is -0.610. The second-order valence-electron chi connectivity index (χ2n) is 2.48. The molecule has 1 atom stereocenters. The lowest BCUT2D eigenvalue weighted by molar-refractivity contribution is -0.142. The van der Waals surface area contributed by atoms with Crippen LogP contribution in [0, 0.1) is 0 Å². The van der Waals surface area contributed by atoms with Gasteiger partial charge in [0, 0.05) is 19.8 Å². The van der Waals surface area contributed by atoms with Gasteiger partial charge in [-0.15, -0.1) is 0 Å². The molecule has 1 saturated heterocycles. The Labute approximate surface area is 59.8 Å². The Balaban J connectivity index is 2.39. The summed E-state index contributed by atoms with van der Waals surface area (Å²) in [5, 5.41) is 11.6. The van der Waals surface area contributed by atoms with Crippen molar-refractivity contribution < 1.29 is 9.90 Å². The molecule has 0 aliphatic carbocycles. The summed E-state index contributed by atoms with van der Waals surface area (Å²) in [7, 11) is 0. The van der Waals surface area contributed by atoms with E-state index >= 15 is 0 Å². The van der Waals surface area contributed by atoms with Crippen LogP contribution < -0.4 is 5.32 Å². The molecule has 58 valence electrons. The van der Waals surface area contributed by atoms with Crippen LogP contribution in [0.2, 0.25) is 0 Å². The monoisotopic (exact) mass is 144 g/mol. The van der Waals surface area contributed by atoms with Crippen molar-refractivity contribution in [2.24, 2.45) is 0 Å². The van der Waals surface area contributed by atoms with Crippen LogP contribution in [0.5, 0.6) is 0 Å². The molecule has 1 aliphatic heterocycles. The Morgan fingerprint density at radius 1 is 1.80 bits per heavy atom. The van der Waals surface area contributed by atoms with Gasteiger partial charge in [0.05, 0.1) is 0 Å². The van der Waals surface area contributed by atoms with E-state index in [4.69, 9.17) is 5.11 Å². The average Bonchev–Trinajstić information content (AvgIpc) is 2.36. The molecule has 0 saturated carbocycles. The van der Waals surface area contributed by atoms with Crippen molar-refractivity contribution in [2.75, 3.05) is 19.8 Å². The van der Waals surface area contributed by atoms with Gasteiger partial charge in [-0.3, -0.25) is 9.69 Å². The third-order valence-corrected chi connectivity index (χ3v) is 1.80. The number of nitrogens with one attached hydrogen (secondary N) is 1. The first-order valence-electron chi connectivity index (χ1n) is 3.39. The van der Waals surface area contributed by atoms with E-state index in [0.717, 1.165) is 13.1 Å². The van der Waals surface area contributed by atoms with Crippen molar-refractivity contribution >= 4 is 5.97 Å². The van der Waals surface area contributed by atoms with E-state index in [1.54, 1.807) is 6.92 Å². The lowest BCUT2D eigenvalue weighted by atomic mass is 10.3. The smallest absolute Gasteiger partial charge is 0.320 e. The zero-order valence-corrected chi connectivity index (χ0v) is 6.00. The summed E-state index contributed by atoms with van der Waals surface area (Å²) >= 11 is 0. The highest BCUT2D eigenvalue weighted by molar-refractivity contribution is 5.72. The molecule has 1 heterocycles. The molecule has 0 bridgehead atoms. The first kappa shape index (κ1) is 7.50. The predicted molar refractivity (Wildman–Crippen MR) is 36.7 cm³/mol. The minimum absolute atomic E-state index is 0.352. The first-order valence-corrected chi connectivity index (χ1v) is 3.39. The maximum absolute atomic E-state index is 10.4. The van der Waals surface area contributed by atoms with Crippen molar-refractivity contribution in [2.45, 2.75) is 13.0 Å². The Bertz CT molecular complexity index is 132. The molecule has 4 heteroatoms. The van der Waals surface area contributed by atoms with Gasteiger partial charge in [0.25, 0.3) is 0 Å². The molecule has 2 N–H and O–H groups in total. The molecule has 1 rings (SSSR count). The van der Waals surface area contributed by atoms with Crippen LogP contribution in [0.4, 0.5) is 0 Å². The van der Waals surface area contributed by atoms with Crippen molar-refractivity contribution in [3.8, 4) is 0 Å². The van der Waals surface area contributed by atoms with Crippen LogP contribution in [-0.2, 0) is 4.79 Å². The van der Waals surface area contributed by atoms with Crippen LogP contribution in [0.15, 0.2) is 0 Å². The maximum atomic E-state index is 10.4. The summed E-state index contributed by atoms with van der Waals surface area (Å²) in [6.07, 6.45) is 0. The number of aliphatic carboxylic acids is 1. The predicted octanol–water partition coefficient (Wildman–Crippen LogP) is -0.678. The molecule has 0 amide bonds. The van der Waals surface area contributed by atoms with E-state index in [9.17, 15) is 4.79 Å². The zero-order chi connectivity index (χ0) is 7.56. The molecule has 4 nitrogen and oxygen atoms in total. The number of carboxylic acids is 1. The minimum atomic E-state index is -0.747. The lowest BCUT2D eigenvalue weighted by Crippen LogP contribution is -2.37. The minimum Gasteiger partial charge on any atom is -0.480 e. The highest BCUT2D eigenvalue weighted by Gasteiger charge is 2.22. The van der Waals surface area contributed by atoms with Crippen LogP contribution >= 0.6 is 0 Å². The third kappa shape index (κ3) is 1.46. The molecule has 0 aromatic rings. The topological polar surface area (TPSA) is 52.6 Å². The van der Waals surface area contributed by atoms with Crippen molar-refractivity contribution in [3.05, 3.63) is 0 Å². The van der Waals surface area contributed by atoms with E-state index in [1.165, 1.54) is 0 Å². The molecule has 0 aromatic carbocycles. The van der Waals surface area contributed by atoms with Gasteiger partial charge in [-0.05, 0) is 6.92 Å². The summed E-state index contributed by atoms with van der Waals surface area (Å²) in [6.45, 7) is 4.15. The summed E-state index contributed by atoms with van der Waals surface area (Å²) in [6, 6.07) is -0.352. The molecule has 1 aliphatic rings. The summed E-state index contributed by atoms with van der Waals surface area (Å²) in [5.74, 6) is -0.747. The number of carboxylic acid groups (broad SMARTS) is 1. The summed E-state index contributed by atoms with van der Waals surface area (Å²) < 4.78 is 0. The van der Waals surface area contributed by atoms with Gasteiger partial charge in [-0.1, -0.05) is 0 Å². The fourth-order valence-corrected chi connectivity index (χ4v) is 1.01. The van der Waals surface area contributed by atoms with Crippen molar-refractivity contribution in [1.82, 2.24) is 10.2 Å². The van der Waals surface area contributed by atoms with Gasteiger partial charge >= 0.3 is 5.97 Å². The number of rotatable bonds is 2. The zero-order valence-electron chi connectivity index (χ0n) is 6.00. The summed E-state index contributed by atoms with van der Waals surface area (Å²) in [5.41, 5.74) is 0. The summed E-state index contributed by atoms with van der Waals surface area (Å²) in [4.78, 5) is 12.3. The van der Waals surface area contributed by atoms with Crippen molar-refractivity contribution in [3.63, 3.8) is 0 Å². The van der Waals surface area contributed by atoms with Gasteiger partial charge in [0.15, 0.2) is 0 Å². The highest BCUT2D eigenvalue weighted by Crippen LogP contribution is 2.00. The van der Waals surface area contributed by atoms with E-state index < -0.39 is 5.97 Å². The quantitative estimate of drug-likeness (QED) is 0.539. The Morgan fingerprint density at radius 3 is 2.90 bits per heavy atom. The second-order valence-corrected chi connectivity index (χ2v) is 2.48. The highest BCUT2D eigenvalue weighted by atomic mass is 16.4. The molecular formula is C6H12N2O2. The molecule has 0 spiro atoms. The van der Waals surface area contributed by atoms with Crippen LogP contribution in [0.1, 0.15) is 6.92 Å². The normalized spacial score (nSPS) is 22.9. The third-order valence-electron chi connectivity index (χ3n) is 1.80. The number of hydrogen-bond acceptors (Lipinski definition) is 3. The Kier molecular flexibility index (Phi) is 2.24. The molecule has 0 radical (unpaired) electrons. The number of hydrogen-bond donors (Lipinski definition) is 2. The SMILES string of the molecule is CC(C(=O)O)N1CCNC1. The molecular weight excluding hydrogens is 132 g/mol. The molecule has 0 aromatic heterocycles. The van der Waals surface area contributed by atoms with Gasteiger partial charge in [0.2, 0.25) is 0 Å². The first-order chi connectivity index (χ1) is 4.72. The fourth-order valence-electron chi connectivity index (χ4n) is 1.01. The fraction of sp³-hybridized carbons (Fsp3) is 0.833. The van der Waals surface area contributed by atoms with Gasteiger partial charge < -0.3 is 10.4 Å². The standard InChI is InChI=1S/C6H12N2O2/c1-5(6(9)10)8-3-2-7-4-8/h5,7H,2-4H2,1H3,(H,9,10). The molecule has 1 unspecified atom stereocenters. The Morgan fingerprint density at radius 2 is 2.50 bits per heavy atom. The van der Waals surface area contributed by atoms with Gasteiger partial charge in [-0.2, -0.15) is 0 Å². The van der Waals surface area contributed by atoms with Crippen molar-refractivity contribution in [1.29, 1.82) is 0 Å². The van der Waals surface area contributed by atoms with Crippen LogP contribution in [0.25, 0.3) is 0 Å². The largest absolute Gasteiger partial charge is 0.480 e. The number of nitrogens with zero attached hydrogens (tertiary/aromatic N) is 1. The van der Waals surface area contributed by atoms with Crippen LogP contribution in [-0.4, -0.2) is 41.8 Å². The van der Waals surface area contributed by atoms with E-state index in [1.807, 2.05) is 4.90 Å². The van der Waals surface area contributed by atoms with E-state index in [0.29, 0.717) is 6.67 Å². The average molecular weight is 144 g/mol. The lowest BCUT2D eigenvalue weighted by Gasteiger charge is -2.17. The van der Waals surface area contributed by atoms with Gasteiger partial charge in [-0.25, -0.2) is 0 Å². The van der Waals surface area contributed by atoms with Gasteiger partial charge in [0.1, 0.15) is 6.04 Å². The molecule has 10 heavy (non-hydrogen) atoms. The molecule has 1 fully saturated rings. The van der Waals surface area contributed by atoms with E-state index in [-0.39, 0.29) is 6.04 Å². The van der Waals surface area contributed by atoms with Crippen LogP contribution in [0.3, 0.4) is 0 Å². The maximum Gasteiger partial charge on any atom is 0.320 e. The second kappa shape index (κ2) is 2.98.